The Hall–Kier alpha value is -2.84. The van der Waals surface area contributed by atoms with Crippen molar-refractivity contribution < 1.29 is 9.90 Å². The molecule has 4 N–H and O–H groups in total. The van der Waals surface area contributed by atoms with E-state index in [1.807, 2.05) is 0 Å². The van der Waals surface area contributed by atoms with E-state index in [1.165, 1.54) is 6.20 Å². The molecule has 1 aromatic carbocycles. The average molecular weight is 335 g/mol. The van der Waals surface area contributed by atoms with Crippen LogP contribution in [0.4, 0.5) is 11.4 Å². The first-order chi connectivity index (χ1) is 12.1. The van der Waals surface area contributed by atoms with Crippen molar-refractivity contribution in [1.29, 1.82) is 0 Å². The molecule has 5 nitrogen and oxygen atoms in total. The molecule has 25 heavy (non-hydrogen) atoms. The van der Waals surface area contributed by atoms with Gasteiger partial charge in [-0.3, -0.25) is 4.79 Å². The first kappa shape index (κ1) is 17.0. The minimum Gasteiger partial charge on any atom is -0.397 e. The molecule has 0 bridgehead atoms. The van der Waals surface area contributed by atoms with Gasteiger partial charge in [0, 0.05) is 6.20 Å². The molecule has 3 rings (SSSR count). The van der Waals surface area contributed by atoms with Crippen LogP contribution < -0.4 is 11.1 Å². The number of para-hydroxylation sites is 2. The Bertz CT molecular complexity index is 813. The number of hydrogen-bond acceptors (Lipinski definition) is 4. The van der Waals surface area contributed by atoms with Crippen molar-refractivity contribution in [3.8, 4) is 11.8 Å². The Balaban J connectivity index is 1.68. The van der Waals surface area contributed by atoms with Gasteiger partial charge in [-0.1, -0.05) is 24.5 Å². The van der Waals surface area contributed by atoms with Crippen LogP contribution in [-0.4, -0.2) is 21.6 Å². The van der Waals surface area contributed by atoms with Crippen molar-refractivity contribution in [2.24, 2.45) is 0 Å². The van der Waals surface area contributed by atoms with Crippen molar-refractivity contribution in [1.82, 2.24) is 4.98 Å². The lowest BCUT2D eigenvalue weighted by Crippen LogP contribution is -2.29. The zero-order valence-electron chi connectivity index (χ0n) is 14.0. The lowest BCUT2D eigenvalue weighted by molar-refractivity contribution is 0.0610. The second kappa shape index (κ2) is 7.37. The molecule has 5 heteroatoms. The number of benzene rings is 1. The summed E-state index contributed by atoms with van der Waals surface area (Å²) in [5.74, 6) is 5.57. The van der Waals surface area contributed by atoms with Crippen LogP contribution in [0.25, 0.3) is 0 Å². The number of rotatable bonds is 2. The topological polar surface area (TPSA) is 88.2 Å². The average Bonchev–Trinajstić information content (AvgIpc) is 2.63. The molecule has 1 aliphatic rings. The van der Waals surface area contributed by atoms with Gasteiger partial charge < -0.3 is 16.2 Å². The number of amides is 1. The largest absolute Gasteiger partial charge is 0.397 e. The molecule has 0 unspecified atom stereocenters. The number of nitrogens with two attached hydrogens (primary N) is 1. The number of aliphatic hydroxyl groups is 1. The normalized spacial score (nSPS) is 15.7. The van der Waals surface area contributed by atoms with Crippen molar-refractivity contribution in [2.75, 3.05) is 11.1 Å². The number of anilines is 2. The predicted octanol–water partition coefficient (Wildman–Crippen LogP) is 2.96. The fourth-order valence-corrected chi connectivity index (χ4v) is 2.85. The van der Waals surface area contributed by atoms with E-state index in [-0.39, 0.29) is 5.91 Å². The molecule has 0 saturated heterocycles. The van der Waals surface area contributed by atoms with Crippen LogP contribution in [0, 0.1) is 11.8 Å². The van der Waals surface area contributed by atoms with Gasteiger partial charge in [0.2, 0.25) is 0 Å². The molecule has 1 saturated carbocycles. The van der Waals surface area contributed by atoms with Gasteiger partial charge in [-0.15, -0.1) is 0 Å². The van der Waals surface area contributed by atoms with Gasteiger partial charge in [0.25, 0.3) is 5.91 Å². The molecule has 0 radical (unpaired) electrons. The number of hydrogen-bond donors (Lipinski definition) is 3. The number of carbonyl (C=O) groups is 1. The minimum absolute atomic E-state index is 0.282. The summed E-state index contributed by atoms with van der Waals surface area (Å²) < 4.78 is 0. The molecule has 128 valence electrons. The molecule has 1 aliphatic carbocycles. The van der Waals surface area contributed by atoms with Gasteiger partial charge in [0.05, 0.1) is 16.9 Å². The Labute approximate surface area is 147 Å². The van der Waals surface area contributed by atoms with Crippen molar-refractivity contribution in [3.05, 3.63) is 53.9 Å². The Morgan fingerprint density at radius 2 is 1.92 bits per heavy atom. The lowest BCUT2D eigenvalue weighted by Gasteiger charge is -2.26. The molecule has 1 heterocycles. The number of nitrogens with one attached hydrogen (secondary N) is 1. The number of carbonyl (C=O) groups excluding carboxylic acids is 1. The van der Waals surface area contributed by atoms with E-state index in [9.17, 15) is 9.90 Å². The molecule has 0 atom stereocenters. The van der Waals surface area contributed by atoms with Crippen LogP contribution in [0.3, 0.4) is 0 Å². The van der Waals surface area contributed by atoms with Crippen molar-refractivity contribution in [3.63, 3.8) is 0 Å². The molecule has 1 fully saturated rings. The fourth-order valence-electron chi connectivity index (χ4n) is 2.85. The first-order valence-corrected chi connectivity index (χ1v) is 8.43. The SMILES string of the molecule is Nc1ccccc1NC(=O)c1ccc(C#CC2(O)CCCCC2)nc1. The molecule has 1 amide bonds. The van der Waals surface area contributed by atoms with Crippen molar-refractivity contribution in [2.45, 2.75) is 37.7 Å². The monoisotopic (exact) mass is 335 g/mol. The summed E-state index contributed by atoms with van der Waals surface area (Å²) in [4.78, 5) is 16.5. The third-order valence-corrected chi connectivity index (χ3v) is 4.34. The van der Waals surface area contributed by atoms with Gasteiger partial charge >= 0.3 is 0 Å². The summed E-state index contributed by atoms with van der Waals surface area (Å²) in [6.07, 6.45) is 6.04. The lowest BCUT2D eigenvalue weighted by atomic mass is 9.85. The van der Waals surface area contributed by atoms with Gasteiger partial charge in [-0.2, -0.15) is 0 Å². The molecule has 2 aromatic rings. The second-order valence-electron chi connectivity index (χ2n) is 6.32. The highest BCUT2D eigenvalue weighted by molar-refractivity contribution is 6.05. The molecule has 1 aromatic heterocycles. The Kier molecular flexibility index (Phi) is 5.01. The van der Waals surface area contributed by atoms with Crippen LogP contribution in [0.15, 0.2) is 42.6 Å². The summed E-state index contributed by atoms with van der Waals surface area (Å²) in [6, 6.07) is 10.4. The highest BCUT2D eigenvalue weighted by atomic mass is 16.3. The maximum absolute atomic E-state index is 12.3. The summed E-state index contributed by atoms with van der Waals surface area (Å²) in [5.41, 5.74) is 6.95. The van der Waals surface area contributed by atoms with Crippen molar-refractivity contribution >= 4 is 17.3 Å². The summed E-state index contributed by atoms with van der Waals surface area (Å²) >= 11 is 0. The molecular formula is C20H21N3O2. The highest BCUT2D eigenvalue weighted by Crippen LogP contribution is 2.27. The van der Waals surface area contributed by atoms with Gasteiger partial charge in [-0.05, 0) is 55.9 Å². The van der Waals surface area contributed by atoms with Gasteiger partial charge in [0.15, 0.2) is 0 Å². The van der Waals surface area contributed by atoms with Crippen LogP contribution in [0.2, 0.25) is 0 Å². The van der Waals surface area contributed by atoms with E-state index in [2.05, 4.69) is 22.1 Å². The fraction of sp³-hybridized carbons (Fsp3) is 0.300. The molecule has 0 aliphatic heterocycles. The van der Waals surface area contributed by atoms with Crippen LogP contribution in [0.5, 0.6) is 0 Å². The number of nitrogen functional groups attached to an aromatic ring is 1. The molecule has 0 spiro atoms. The van der Waals surface area contributed by atoms with E-state index >= 15 is 0 Å². The standard InChI is InChI=1S/C20H21N3O2/c21-17-6-2-3-7-18(17)23-19(24)15-8-9-16(22-14-15)10-13-20(25)11-4-1-5-12-20/h2-3,6-9,14,25H,1,4-5,11-12,21H2,(H,23,24). The van der Waals surface area contributed by atoms with E-state index < -0.39 is 5.60 Å². The number of aromatic nitrogens is 1. The maximum Gasteiger partial charge on any atom is 0.257 e. The van der Waals surface area contributed by atoms with E-state index in [0.717, 1.165) is 19.3 Å². The number of nitrogens with zero attached hydrogens (tertiary/aromatic N) is 1. The smallest absolute Gasteiger partial charge is 0.257 e. The van der Waals surface area contributed by atoms with Gasteiger partial charge in [0.1, 0.15) is 11.3 Å². The third-order valence-electron chi connectivity index (χ3n) is 4.34. The first-order valence-electron chi connectivity index (χ1n) is 8.43. The maximum atomic E-state index is 12.3. The zero-order valence-corrected chi connectivity index (χ0v) is 14.0. The second-order valence-corrected chi connectivity index (χ2v) is 6.32. The van der Waals surface area contributed by atoms with E-state index in [0.29, 0.717) is 35.5 Å². The highest BCUT2D eigenvalue weighted by Gasteiger charge is 2.26. The van der Waals surface area contributed by atoms with E-state index in [4.69, 9.17) is 5.73 Å². The zero-order chi connectivity index (χ0) is 17.7. The summed E-state index contributed by atoms with van der Waals surface area (Å²) in [7, 11) is 0. The Morgan fingerprint density at radius 3 is 2.60 bits per heavy atom. The van der Waals surface area contributed by atoms with Gasteiger partial charge in [-0.25, -0.2) is 4.98 Å². The minimum atomic E-state index is -0.902. The van der Waals surface area contributed by atoms with Crippen LogP contribution >= 0.6 is 0 Å². The van der Waals surface area contributed by atoms with Crippen LogP contribution in [0.1, 0.15) is 48.2 Å². The Morgan fingerprint density at radius 1 is 1.16 bits per heavy atom. The quantitative estimate of drug-likeness (QED) is 0.581. The number of pyridine rings is 1. The summed E-state index contributed by atoms with van der Waals surface area (Å²) in [6.45, 7) is 0. The third kappa shape index (κ3) is 4.37. The predicted molar refractivity (Wildman–Crippen MR) is 98.0 cm³/mol. The summed E-state index contributed by atoms with van der Waals surface area (Å²) in [5, 5.41) is 13.1. The molecular weight excluding hydrogens is 314 g/mol. The van der Waals surface area contributed by atoms with Crippen LogP contribution in [-0.2, 0) is 0 Å². The van der Waals surface area contributed by atoms with E-state index in [1.54, 1.807) is 36.4 Å².